The third kappa shape index (κ3) is 4.40. The molecule has 1 aromatic rings. The van der Waals surface area contributed by atoms with Crippen molar-refractivity contribution in [3.8, 4) is 5.75 Å². The van der Waals surface area contributed by atoms with E-state index in [2.05, 4.69) is 35.7 Å². The van der Waals surface area contributed by atoms with Gasteiger partial charge in [0.15, 0.2) is 0 Å². The summed E-state index contributed by atoms with van der Waals surface area (Å²) in [6.45, 7) is 8.28. The highest BCUT2D eigenvalue weighted by Gasteiger charge is 2.23. The molecule has 1 aliphatic rings. The molecule has 0 radical (unpaired) electrons. The summed E-state index contributed by atoms with van der Waals surface area (Å²) in [6, 6.07) is 4.41. The van der Waals surface area contributed by atoms with Crippen molar-refractivity contribution in [3.05, 3.63) is 29.6 Å². The van der Waals surface area contributed by atoms with Gasteiger partial charge in [-0.3, -0.25) is 9.80 Å². The molecule has 2 rings (SSSR count). The van der Waals surface area contributed by atoms with E-state index in [-0.39, 0.29) is 11.8 Å². The Balaban J connectivity index is 1.89. The lowest BCUT2D eigenvalue weighted by atomic mass is 10.0. The number of nitrogens with zero attached hydrogens (tertiary/aromatic N) is 3. The van der Waals surface area contributed by atoms with E-state index >= 15 is 0 Å². The lowest BCUT2D eigenvalue weighted by Gasteiger charge is -2.38. The first kappa shape index (κ1) is 16.2. The molecule has 1 aliphatic heterocycles. The molecule has 1 unspecified atom stereocenters. The van der Waals surface area contributed by atoms with Gasteiger partial charge in [0.2, 0.25) is 0 Å². The van der Waals surface area contributed by atoms with E-state index in [1.807, 2.05) is 0 Å². The Hall–Kier alpha value is -1.17. The lowest BCUT2D eigenvalue weighted by molar-refractivity contribution is 0.0966. The van der Waals surface area contributed by atoms with Crippen molar-refractivity contribution >= 4 is 0 Å². The van der Waals surface area contributed by atoms with Crippen LogP contribution in [0.15, 0.2) is 18.2 Å². The van der Waals surface area contributed by atoms with Gasteiger partial charge in [-0.05, 0) is 27.1 Å². The molecule has 0 spiro atoms. The Morgan fingerprint density at radius 1 is 1.24 bits per heavy atom. The number of rotatable bonds is 5. The van der Waals surface area contributed by atoms with Crippen molar-refractivity contribution < 1.29 is 9.50 Å². The molecular formula is C16H26FN3O. The second-order valence-corrected chi connectivity index (χ2v) is 6.06. The topological polar surface area (TPSA) is 30.0 Å². The van der Waals surface area contributed by atoms with Crippen LogP contribution in [-0.2, 0) is 0 Å². The Kier molecular flexibility index (Phi) is 5.56. The van der Waals surface area contributed by atoms with Crippen LogP contribution in [0.5, 0.6) is 5.75 Å². The summed E-state index contributed by atoms with van der Waals surface area (Å²) >= 11 is 0. The van der Waals surface area contributed by atoms with E-state index in [1.165, 1.54) is 12.1 Å². The molecule has 1 aromatic carbocycles. The van der Waals surface area contributed by atoms with Crippen LogP contribution in [0.3, 0.4) is 0 Å². The van der Waals surface area contributed by atoms with E-state index in [9.17, 15) is 9.50 Å². The molecule has 0 bridgehead atoms. The smallest absolute Gasteiger partial charge is 0.126 e. The summed E-state index contributed by atoms with van der Waals surface area (Å²) in [5.74, 6) is -0.338. The van der Waals surface area contributed by atoms with E-state index in [0.717, 1.165) is 44.8 Å². The Bertz CT molecular complexity index is 459. The molecule has 0 aromatic heterocycles. The summed E-state index contributed by atoms with van der Waals surface area (Å²) in [5.41, 5.74) is 0.804. The normalized spacial score (nSPS) is 19.1. The van der Waals surface area contributed by atoms with E-state index in [1.54, 1.807) is 6.07 Å². The SMILES string of the molecule is CC(c1ccc(F)cc1O)N1CCN(CCN(C)C)CC1. The van der Waals surface area contributed by atoms with Crippen LogP contribution in [0.2, 0.25) is 0 Å². The maximum absolute atomic E-state index is 13.1. The predicted molar refractivity (Wildman–Crippen MR) is 83.0 cm³/mol. The number of hydrogen-bond donors (Lipinski definition) is 1. The molecule has 0 saturated carbocycles. The molecule has 21 heavy (non-hydrogen) atoms. The van der Waals surface area contributed by atoms with Gasteiger partial charge in [0.1, 0.15) is 11.6 Å². The van der Waals surface area contributed by atoms with Crippen molar-refractivity contribution in [1.29, 1.82) is 0 Å². The largest absolute Gasteiger partial charge is 0.508 e. The Morgan fingerprint density at radius 2 is 1.90 bits per heavy atom. The molecule has 1 saturated heterocycles. The fraction of sp³-hybridized carbons (Fsp3) is 0.625. The Morgan fingerprint density at radius 3 is 2.48 bits per heavy atom. The van der Waals surface area contributed by atoms with E-state index in [0.29, 0.717) is 0 Å². The standard InChI is InChI=1S/C16H26FN3O/c1-13(15-5-4-14(17)12-16(15)21)20-10-8-19(9-11-20)7-6-18(2)3/h4-5,12-13,21H,6-11H2,1-3H3. The van der Waals surface area contributed by atoms with E-state index in [4.69, 9.17) is 0 Å². The van der Waals surface area contributed by atoms with Gasteiger partial charge in [-0.1, -0.05) is 6.07 Å². The lowest BCUT2D eigenvalue weighted by Crippen LogP contribution is -2.48. The summed E-state index contributed by atoms with van der Waals surface area (Å²) in [5, 5.41) is 9.91. The van der Waals surface area contributed by atoms with Gasteiger partial charge in [-0.25, -0.2) is 4.39 Å². The first-order valence-corrected chi connectivity index (χ1v) is 7.57. The first-order chi connectivity index (χ1) is 9.97. The maximum atomic E-state index is 13.1. The maximum Gasteiger partial charge on any atom is 0.126 e. The minimum atomic E-state index is -0.392. The monoisotopic (exact) mass is 295 g/mol. The minimum Gasteiger partial charge on any atom is -0.508 e. The van der Waals surface area contributed by atoms with Crippen molar-refractivity contribution in [3.63, 3.8) is 0 Å². The van der Waals surface area contributed by atoms with Gasteiger partial charge >= 0.3 is 0 Å². The molecule has 0 amide bonds. The number of likely N-dealkylation sites (N-methyl/N-ethyl adjacent to an activating group) is 1. The van der Waals surface area contributed by atoms with Gasteiger partial charge in [0.05, 0.1) is 0 Å². The second kappa shape index (κ2) is 7.20. The minimum absolute atomic E-state index is 0.0533. The van der Waals surface area contributed by atoms with Crippen molar-refractivity contribution in [2.45, 2.75) is 13.0 Å². The molecule has 4 nitrogen and oxygen atoms in total. The van der Waals surface area contributed by atoms with Crippen LogP contribution in [0.25, 0.3) is 0 Å². The first-order valence-electron chi connectivity index (χ1n) is 7.57. The van der Waals surface area contributed by atoms with Crippen LogP contribution in [0.1, 0.15) is 18.5 Å². The second-order valence-electron chi connectivity index (χ2n) is 6.06. The average molecular weight is 295 g/mol. The number of halogens is 1. The third-order valence-corrected chi connectivity index (χ3v) is 4.26. The Labute approximate surface area is 126 Å². The number of phenols is 1. The van der Waals surface area contributed by atoms with Gasteiger partial charge in [0.25, 0.3) is 0 Å². The van der Waals surface area contributed by atoms with Crippen LogP contribution in [0.4, 0.5) is 4.39 Å². The molecule has 1 N–H and O–H groups in total. The highest BCUT2D eigenvalue weighted by atomic mass is 19.1. The van der Waals surface area contributed by atoms with Crippen LogP contribution in [0, 0.1) is 5.82 Å². The van der Waals surface area contributed by atoms with Gasteiger partial charge < -0.3 is 10.0 Å². The average Bonchev–Trinajstić information content (AvgIpc) is 2.45. The van der Waals surface area contributed by atoms with Gasteiger partial charge in [-0.2, -0.15) is 0 Å². The van der Waals surface area contributed by atoms with Crippen LogP contribution < -0.4 is 0 Å². The third-order valence-electron chi connectivity index (χ3n) is 4.26. The molecule has 118 valence electrons. The van der Waals surface area contributed by atoms with Gasteiger partial charge in [-0.15, -0.1) is 0 Å². The quantitative estimate of drug-likeness (QED) is 0.897. The zero-order chi connectivity index (χ0) is 15.4. The van der Waals surface area contributed by atoms with Gasteiger partial charge in [0, 0.05) is 56.9 Å². The summed E-state index contributed by atoms with van der Waals surface area (Å²) in [4.78, 5) is 7.01. The summed E-state index contributed by atoms with van der Waals surface area (Å²) < 4.78 is 13.1. The zero-order valence-electron chi connectivity index (χ0n) is 13.2. The molecule has 0 aliphatic carbocycles. The number of piperazine rings is 1. The van der Waals surface area contributed by atoms with Crippen LogP contribution >= 0.6 is 0 Å². The summed E-state index contributed by atoms with van der Waals surface area (Å²) in [6.07, 6.45) is 0. The fourth-order valence-electron chi connectivity index (χ4n) is 2.78. The highest BCUT2D eigenvalue weighted by molar-refractivity contribution is 5.35. The molecule has 1 fully saturated rings. The predicted octanol–water partition coefficient (Wildman–Crippen LogP) is 1.77. The van der Waals surface area contributed by atoms with Crippen LogP contribution in [-0.4, -0.2) is 73.2 Å². The molecule has 1 atom stereocenters. The van der Waals surface area contributed by atoms with Crippen molar-refractivity contribution in [1.82, 2.24) is 14.7 Å². The molecule has 5 heteroatoms. The van der Waals surface area contributed by atoms with Crippen molar-refractivity contribution in [2.24, 2.45) is 0 Å². The number of hydrogen-bond acceptors (Lipinski definition) is 4. The molecular weight excluding hydrogens is 269 g/mol. The number of benzene rings is 1. The zero-order valence-corrected chi connectivity index (χ0v) is 13.2. The summed E-state index contributed by atoms with van der Waals surface area (Å²) in [7, 11) is 4.19. The highest BCUT2D eigenvalue weighted by Crippen LogP contribution is 2.29. The van der Waals surface area contributed by atoms with Crippen molar-refractivity contribution in [2.75, 3.05) is 53.4 Å². The number of phenolic OH excluding ortho intramolecular Hbond substituents is 1. The fourth-order valence-corrected chi connectivity index (χ4v) is 2.78. The molecule has 1 heterocycles. The van der Waals surface area contributed by atoms with E-state index < -0.39 is 5.82 Å². The number of aromatic hydroxyl groups is 1.